The van der Waals surface area contributed by atoms with Crippen LogP contribution in [0.5, 0.6) is 5.75 Å². The Morgan fingerprint density at radius 2 is 1.65 bits per heavy atom. The molecule has 2 saturated heterocycles. The Hall–Kier alpha value is -1.59. The van der Waals surface area contributed by atoms with Crippen molar-refractivity contribution in [3.05, 3.63) is 29.8 Å². The topological polar surface area (TPSA) is 154 Å². The van der Waals surface area contributed by atoms with E-state index in [1.165, 1.54) is 24.3 Å². The summed E-state index contributed by atoms with van der Waals surface area (Å²) in [5.41, 5.74) is -1.32. The maximum atomic E-state index is 12.4. The van der Waals surface area contributed by atoms with Crippen molar-refractivity contribution in [2.45, 2.75) is 86.5 Å². The zero-order valence-corrected chi connectivity index (χ0v) is 20.6. The van der Waals surface area contributed by atoms with Gasteiger partial charge >= 0.3 is 6.36 Å². The highest BCUT2D eigenvalue weighted by molar-refractivity contribution is 5.27. The minimum Gasteiger partial charge on any atom is -0.406 e. The number of benzene rings is 1. The van der Waals surface area contributed by atoms with Crippen LogP contribution in [0.25, 0.3) is 0 Å². The molecule has 37 heavy (non-hydrogen) atoms. The van der Waals surface area contributed by atoms with E-state index in [1.807, 2.05) is 0 Å². The summed E-state index contributed by atoms with van der Waals surface area (Å²) in [5, 5.41) is 53.6. The molecule has 2 aliphatic heterocycles. The molecule has 3 aliphatic rings. The number of likely N-dealkylation sites (N-methyl/N-ethyl adjacent to an activating group) is 2. The van der Waals surface area contributed by atoms with E-state index in [-0.39, 0.29) is 25.3 Å². The van der Waals surface area contributed by atoms with E-state index in [0.717, 1.165) is 0 Å². The van der Waals surface area contributed by atoms with E-state index < -0.39 is 66.6 Å². The maximum absolute atomic E-state index is 12.4. The first-order chi connectivity index (χ1) is 17.3. The Labute approximate surface area is 211 Å². The zero-order chi connectivity index (χ0) is 27.2. The molecule has 1 aromatic rings. The van der Waals surface area contributed by atoms with Crippen molar-refractivity contribution < 1.29 is 52.5 Å². The molecular weight excluding hydrogens is 503 g/mol. The predicted molar refractivity (Wildman–Crippen MR) is 121 cm³/mol. The molecule has 0 bridgehead atoms. The van der Waals surface area contributed by atoms with Gasteiger partial charge in [0.1, 0.15) is 29.7 Å². The summed E-state index contributed by atoms with van der Waals surface area (Å²) in [6.45, 7) is 1.65. The van der Waals surface area contributed by atoms with Gasteiger partial charge in [-0.1, -0.05) is 12.1 Å². The minimum absolute atomic E-state index is 0.0411. The average Bonchev–Trinajstić information content (AvgIpc) is 2.80. The molecular formula is C23H34F3N3O8. The Balaban J connectivity index is 1.49. The summed E-state index contributed by atoms with van der Waals surface area (Å²) in [4.78, 5) is 0. The highest BCUT2D eigenvalue weighted by Crippen LogP contribution is 2.46. The van der Waals surface area contributed by atoms with Crippen LogP contribution in [0.4, 0.5) is 13.2 Å². The van der Waals surface area contributed by atoms with Gasteiger partial charge in [-0.25, -0.2) is 0 Å². The molecule has 1 aliphatic carbocycles. The third-order valence-electron chi connectivity index (χ3n) is 7.25. The Morgan fingerprint density at radius 1 is 1.00 bits per heavy atom. The summed E-state index contributed by atoms with van der Waals surface area (Å²) >= 11 is 0. The monoisotopic (exact) mass is 537 g/mol. The largest absolute Gasteiger partial charge is 0.573 e. The number of ether oxygens (including phenoxy) is 4. The van der Waals surface area contributed by atoms with Gasteiger partial charge in [-0.15, -0.1) is 13.2 Å². The molecule has 11 nitrogen and oxygen atoms in total. The summed E-state index contributed by atoms with van der Waals surface area (Å²) in [7, 11) is 3.18. The maximum Gasteiger partial charge on any atom is 0.573 e. The molecule has 1 aromatic carbocycles. The molecule has 1 unspecified atom stereocenters. The van der Waals surface area contributed by atoms with Crippen LogP contribution < -0.4 is 20.7 Å². The van der Waals surface area contributed by atoms with E-state index in [2.05, 4.69) is 20.7 Å². The molecule has 0 aromatic heterocycles. The Kier molecular flexibility index (Phi) is 8.08. The number of aliphatic hydroxyl groups is 4. The summed E-state index contributed by atoms with van der Waals surface area (Å²) < 4.78 is 58.8. The molecule has 3 fully saturated rings. The first-order valence-electron chi connectivity index (χ1n) is 12.0. The lowest BCUT2D eigenvalue weighted by Gasteiger charge is -2.60. The highest BCUT2D eigenvalue weighted by atomic mass is 19.4. The van der Waals surface area contributed by atoms with Gasteiger partial charge in [-0.3, -0.25) is 0 Å². The molecule has 0 radical (unpaired) electrons. The quantitative estimate of drug-likeness (QED) is 0.227. The second-order valence-corrected chi connectivity index (χ2v) is 9.80. The minimum atomic E-state index is -4.79. The van der Waals surface area contributed by atoms with Crippen LogP contribution in [-0.2, 0) is 20.8 Å². The van der Waals surface area contributed by atoms with Crippen molar-refractivity contribution >= 4 is 0 Å². The number of alkyl halides is 3. The smallest absolute Gasteiger partial charge is 0.406 e. The van der Waals surface area contributed by atoms with E-state index >= 15 is 0 Å². The number of rotatable bonds is 7. The SMILES string of the molecule is CN[C@@H]1[C@H](O)[C@H](NC)[C@H]2OC3(O)[C@H](O[C@@H]2[C@H]1O)O[C@H](C)C[C@]3(O)CNCc1ccc(OC(F)(F)F)cc1. The summed E-state index contributed by atoms with van der Waals surface area (Å²) in [6.07, 6.45) is -11.1. The molecule has 2 heterocycles. The molecule has 210 valence electrons. The number of hydrogen-bond acceptors (Lipinski definition) is 11. The second kappa shape index (κ2) is 10.5. The fraction of sp³-hybridized carbons (Fsp3) is 0.739. The third kappa shape index (κ3) is 5.45. The normalized spacial score (nSPS) is 42.1. The van der Waals surface area contributed by atoms with Gasteiger partial charge in [0, 0.05) is 19.5 Å². The Bertz CT molecular complexity index is 927. The van der Waals surface area contributed by atoms with Gasteiger partial charge in [0.05, 0.1) is 24.3 Å². The van der Waals surface area contributed by atoms with Gasteiger partial charge in [-0.2, -0.15) is 0 Å². The number of nitrogens with one attached hydrogen (secondary N) is 3. The van der Waals surface area contributed by atoms with Crippen LogP contribution in [0.15, 0.2) is 24.3 Å². The highest BCUT2D eigenvalue weighted by Gasteiger charge is 2.68. The fourth-order valence-electron chi connectivity index (χ4n) is 5.45. The van der Waals surface area contributed by atoms with Gasteiger partial charge in [0.2, 0.25) is 12.1 Å². The molecule has 0 spiro atoms. The van der Waals surface area contributed by atoms with Crippen LogP contribution >= 0.6 is 0 Å². The zero-order valence-electron chi connectivity index (χ0n) is 20.6. The van der Waals surface area contributed by atoms with Crippen LogP contribution in [0.2, 0.25) is 0 Å². The van der Waals surface area contributed by atoms with Crippen LogP contribution in [0, 0.1) is 0 Å². The van der Waals surface area contributed by atoms with Gasteiger partial charge < -0.3 is 55.3 Å². The molecule has 10 atom stereocenters. The number of aliphatic hydroxyl groups excluding tert-OH is 2. The van der Waals surface area contributed by atoms with E-state index in [0.29, 0.717) is 5.56 Å². The fourth-order valence-corrected chi connectivity index (χ4v) is 5.45. The molecule has 1 saturated carbocycles. The number of halogens is 3. The lowest BCUT2D eigenvalue weighted by molar-refractivity contribution is -0.482. The van der Waals surface area contributed by atoms with Gasteiger partial charge in [-0.05, 0) is 38.7 Å². The average molecular weight is 538 g/mol. The predicted octanol–water partition coefficient (Wildman–Crippen LogP) is -1.08. The Morgan fingerprint density at radius 3 is 2.24 bits per heavy atom. The number of hydrogen-bond donors (Lipinski definition) is 7. The summed E-state index contributed by atoms with van der Waals surface area (Å²) in [6, 6.07) is 3.72. The lowest BCUT2D eigenvalue weighted by Crippen LogP contribution is -2.81. The van der Waals surface area contributed by atoms with Crippen molar-refractivity contribution in [2.24, 2.45) is 0 Å². The number of fused-ring (bicyclic) bond motifs is 2. The van der Waals surface area contributed by atoms with Crippen molar-refractivity contribution in [3.63, 3.8) is 0 Å². The van der Waals surface area contributed by atoms with E-state index in [9.17, 15) is 33.6 Å². The van der Waals surface area contributed by atoms with Crippen molar-refractivity contribution in [2.75, 3.05) is 20.6 Å². The van der Waals surface area contributed by atoms with E-state index in [1.54, 1.807) is 21.0 Å². The van der Waals surface area contributed by atoms with Crippen LogP contribution in [0.3, 0.4) is 0 Å². The van der Waals surface area contributed by atoms with E-state index in [4.69, 9.17) is 14.2 Å². The molecule has 0 amide bonds. The first kappa shape index (κ1) is 28.4. The standard InChI is InChI=1S/C23H34F3N3O8/c1-11-8-21(32,10-29-9-12-4-6-13(7-5-12)36-23(24,25)26)22(33)20(34-11)35-19-17(31)14(27-2)16(30)15(28-3)18(19)37-22/h4-7,11,14-20,27-33H,8-10H2,1-3H3/t11-,14-,15+,16+,17+,18-,19-,20+,21+,22?/m1/s1. The first-order valence-corrected chi connectivity index (χ1v) is 12.0. The third-order valence-corrected chi connectivity index (χ3v) is 7.25. The second-order valence-electron chi connectivity index (χ2n) is 9.80. The molecule has 4 rings (SSSR count). The van der Waals surface area contributed by atoms with Crippen LogP contribution in [0.1, 0.15) is 18.9 Å². The van der Waals surface area contributed by atoms with Crippen molar-refractivity contribution in [1.82, 2.24) is 16.0 Å². The van der Waals surface area contributed by atoms with Gasteiger partial charge in [0.25, 0.3) is 0 Å². The van der Waals surface area contributed by atoms with Crippen molar-refractivity contribution in [1.29, 1.82) is 0 Å². The lowest BCUT2D eigenvalue weighted by atomic mass is 9.77. The summed E-state index contributed by atoms with van der Waals surface area (Å²) in [5.74, 6) is -2.72. The van der Waals surface area contributed by atoms with Crippen LogP contribution in [-0.4, -0.2) is 108 Å². The van der Waals surface area contributed by atoms with Gasteiger partial charge in [0.15, 0.2) is 0 Å². The van der Waals surface area contributed by atoms with Crippen molar-refractivity contribution in [3.8, 4) is 5.75 Å². The molecule has 14 heteroatoms. The molecule has 7 N–H and O–H groups in total.